The molecule has 0 spiro atoms. The summed E-state index contributed by atoms with van der Waals surface area (Å²) in [6.45, 7) is 3.71. The lowest BCUT2D eigenvalue weighted by atomic mass is 9.98. The van der Waals surface area contributed by atoms with E-state index in [0.717, 1.165) is 0 Å². The fourth-order valence-corrected chi connectivity index (χ4v) is 1.96. The summed E-state index contributed by atoms with van der Waals surface area (Å²) < 4.78 is 18.1. The van der Waals surface area contributed by atoms with Gasteiger partial charge in [-0.05, 0) is 44.0 Å². The Balaban J connectivity index is 2.87. The molecule has 5 heteroatoms. The Morgan fingerprint density at radius 1 is 1.53 bits per heavy atom. The van der Waals surface area contributed by atoms with Crippen LogP contribution in [0.1, 0.15) is 29.3 Å². The molecule has 0 bridgehead atoms. The summed E-state index contributed by atoms with van der Waals surface area (Å²) in [6, 6.07) is 4.02. The number of aliphatic hydroxyl groups is 1. The highest BCUT2D eigenvalue weighted by Crippen LogP contribution is 2.14. The molecule has 2 N–H and O–H groups in total. The van der Waals surface area contributed by atoms with Crippen molar-refractivity contribution in [2.75, 3.05) is 20.3 Å². The summed E-state index contributed by atoms with van der Waals surface area (Å²) in [5.41, 5.74) is 0.337. The quantitative estimate of drug-likeness (QED) is 0.825. The molecule has 19 heavy (non-hydrogen) atoms. The minimum absolute atomic E-state index is 0.0530. The normalized spacial score (nSPS) is 13.9. The lowest BCUT2D eigenvalue weighted by Gasteiger charge is -2.29. The number of carbonyl (C=O) groups is 1. The average Bonchev–Trinajstić information content (AvgIpc) is 2.28. The van der Waals surface area contributed by atoms with E-state index in [2.05, 4.69) is 5.32 Å². The van der Waals surface area contributed by atoms with E-state index in [1.165, 1.54) is 25.3 Å². The third-order valence-corrected chi connectivity index (χ3v) is 2.97. The number of carbonyl (C=O) groups excluding carboxylic acids is 1. The van der Waals surface area contributed by atoms with Crippen LogP contribution in [-0.2, 0) is 4.74 Å². The second-order valence-corrected chi connectivity index (χ2v) is 4.88. The lowest BCUT2D eigenvalue weighted by Crippen LogP contribution is -2.50. The van der Waals surface area contributed by atoms with Gasteiger partial charge in [0.2, 0.25) is 0 Å². The molecule has 1 aromatic rings. The van der Waals surface area contributed by atoms with E-state index in [0.29, 0.717) is 24.2 Å². The van der Waals surface area contributed by atoms with Crippen LogP contribution in [0.15, 0.2) is 18.2 Å². The molecule has 0 aliphatic heterocycles. The molecule has 0 aliphatic rings. The van der Waals surface area contributed by atoms with Crippen molar-refractivity contribution < 1.29 is 19.0 Å². The highest BCUT2D eigenvalue weighted by Gasteiger charge is 2.26. The molecule has 0 radical (unpaired) electrons. The van der Waals surface area contributed by atoms with Crippen molar-refractivity contribution in [3.8, 4) is 0 Å². The van der Waals surface area contributed by atoms with Gasteiger partial charge >= 0.3 is 0 Å². The van der Waals surface area contributed by atoms with Crippen LogP contribution in [0.4, 0.5) is 4.39 Å². The van der Waals surface area contributed by atoms with Crippen LogP contribution >= 0.6 is 0 Å². The van der Waals surface area contributed by atoms with Crippen LogP contribution < -0.4 is 5.32 Å². The third kappa shape index (κ3) is 4.29. The van der Waals surface area contributed by atoms with E-state index in [-0.39, 0.29) is 18.3 Å². The molecule has 1 atom stereocenters. The molecule has 0 heterocycles. The SMILES string of the molecule is COCC(C)(CCO)NC(=O)c1ccc(F)cc1C. The number of aliphatic hydroxyl groups excluding tert-OH is 1. The number of benzene rings is 1. The van der Waals surface area contributed by atoms with Gasteiger partial charge in [-0.2, -0.15) is 0 Å². The number of hydrogen-bond donors (Lipinski definition) is 2. The summed E-state index contributed by atoms with van der Waals surface area (Å²) in [6.07, 6.45) is 0.382. The fraction of sp³-hybridized carbons (Fsp3) is 0.500. The molecule has 1 rings (SSSR count). The predicted octanol–water partition coefficient (Wildman–Crippen LogP) is 1.65. The first-order valence-corrected chi connectivity index (χ1v) is 6.10. The van der Waals surface area contributed by atoms with Gasteiger partial charge in [-0.1, -0.05) is 0 Å². The first-order valence-electron chi connectivity index (χ1n) is 6.10. The Bertz CT molecular complexity index is 442. The molecule has 1 aromatic carbocycles. The van der Waals surface area contributed by atoms with Crippen LogP contribution in [0, 0.1) is 12.7 Å². The van der Waals surface area contributed by atoms with E-state index in [1.807, 2.05) is 0 Å². The second kappa shape index (κ2) is 6.63. The minimum atomic E-state index is -0.651. The van der Waals surface area contributed by atoms with Gasteiger partial charge in [0.15, 0.2) is 0 Å². The van der Waals surface area contributed by atoms with Crippen LogP contribution in [0.5, 0.6) is 0 Å². The number of nitrogens with one attached hydrogen (secondary N) is 1. The van der Waals surface area contributed by atoms with Gasteiger partial charge in [-0.15, -0.1) is 0 Å². The topological polar surface area (TPSA) is 58.6 Å². The van der Waals surface area contributed by atoms with E-state index >= 15 is 0 Å². The molecule has 0 aromatic heterocycles. The molecular formula is C14H20FNO3. The van der Waals surface area contributed by atoms with Crippen LogP contribution in [0.2, 0.25) is 0 Å². The number of ether oxygens (including phenoxy) is 1. The third-order valence-electron chi connectivity index (χ3n) is 2.97. The molecule has 106 valence electrons. The monoisotopic (exact) mass is 269 g/mol. The van der Waals surface area contributed by atoms with Gasteiger partial charge in [-0.3, -0.25) is 4.79 Å². The van der Waals surface area contributed by atoms with Gasteiger partial charge in [0.05, 0.1) is 12.1 Å². The Morgan fingerprint density at radius 3 is 2.74 bits per heavy atom. The highest BCUT2D eigenvalue weighted by molar-refractivity contribution is 5.96. The average molecular weight is 269 g/mol. The zero-order valence-electron chi connectivity index (χ0n) is 11.5. The first-order chi connectivity index (χ1) is 8.91. The largest absolute Gasteiger partial charge is 0.396 e. The molecular weight excluding hydrogens is 249 g/mol. The molecule has 0 saturated carbocycles. The molecule has 1 unspecified atom stereocenters. The van der Waals surface area contributed by atoms with Crippen molar-refractivity contribution in [2.24, 2.45) is 0 Å². The standard InChI is InChI=1S/C14H20FNO3/c1-10-8-11(15)4-5-12(10)13(18)16-14(2,6-7-17)9-19-3/h4-5,8,17H,6-7,9H2,1-3H3,(H,16,18). The van der Waals surface area contributed by atoms with Crippen LogP contribution in [-0.4, -0.2) is 36.9 Å². The van der Waals surface area contributed by atoms with Gasteiger partial charge in [-0.25, -0.2) is 4.39 Å². The number of methoxy groups -OCH3 is 1. The molecule has 4 nitrogen and oxygen atoms in total. The fourth-order valence-electron chi connectivity index (χ4n) is 1.96. The molecule has 0 fully saturated rings. The lowest BCUT2D eigenvalue weighted by molar-refractivity contribution is 0.0725. The maximum Gasteiger partial charge on any atom is 0.252 e. The summed E-state index contributed by atoms with van der Waals surface area (Å²) in [5, 5.41) is 11.9. The number of amides is 1. The first kappa shape index (κ1) is 15.6. The van der Waals surface area contributed by atoms with Crippen molar-refractivity contribution in [1.29, 1.82) is 0 Å². The Hall–Kier alpha value is -1.46. The van der Waals surface area contributed by atoms with E-state index in [1.54, 1.807) is 13.8 Å². The van der Waals surface area contributed by atoms with E-state index in [9.17, 15) is 9.18 Å². The molecule has 0 aliphatic carbocycles. The Kier molecular flexibility index (Phi) is 5.44. The van der Waals surface area contributed by atoms with Gasteiger partial charge in [0, 0.05) is 19.3 Å². The predicted molar refractivity (Wildman–Crippen MR) is 70.6 cm³/mol. The van der Waals surface area contributed by atoms with Gasteiger partial charge in [0.1, 0.15) is 5.82 Å². The Labute approximate surface area is 112 Å². The number of aryl methyl sites for hydroxylation is 1. The molecule has 1 amide bonds. The number of halogens is 1. The number of rotatable bonds is 6. The maximum atomic E-state index is 13.0. The van der Waals surface area contributed by atoms with Crippen molar-refractivity contribution in [3.63, 3.8) is 0 Å². The Morgan fingerprint density at radius 2 is 2.21 bits per heavy atom. The highest BCUT2D eigenvalue weighted by atomic mass is 19.1. The van der Waals surface area contributed by atoms with Crippen molar-refractivity contribution in [3.05, 3.63) is 35.1 Å². The van der Waals surface area contributed by atoms with E-state index < -0.39 is 5.54 Å². The zero-order valence-corrected chi connectivity index (χ0v) is 11.5. The maximum absolute atomic E-state index is 13.0. The summed E-state index contributed by atoms with van der Waals surface area (Å²) >= 11 is 0. The zero-order chi connectivity index (χ0) is 14.5. The van der Waals surface area contributed by atoms with Gasteiger partial charge < -0.3 is 15.2 Å². The second-order valence-electron chi connectivity index (χ2n) is 4.88. The minimum Gasteiger partial charge on any atom is -0.396 e. The van der Waals surface area contributed by atoms with Crippen molar-refractivity contribution in [1.82, 2.24) is 5.32 Å². The van der Waals surface area contributed by atoms with Crippen molar-refractivity contribution >= 4 is 5.91 Å². The summed E-state index contributed by atoms with van der Waals surface area (Å²) in [5.74, 6) is -0.672. The van der Waals surface area contributed by atoms with Gasteiger partial charge in [0.25, 0.3) is 5.91 Å². The van der Waals surface area contributed by atoms with Crippen LogP contribution in [0.25, 0.3) is 0 Å². The molecule has 0 saturated heterocycles. The summed E-state index contributed by atoms with van der Waals surface area (Å²) in [7, 11) is 1.53. The number of hydrogen-bond acceptors (Lipinski definition) is 3. The summed E-state index contributed by atoms with van der Waals surface area (Å²) in [4.78, 5) is 12.2. The van der Waals surface area contributed by atoms with Crippen LogP contribution in [0.3, 0.4) is 0 Å². The van der Waals surface area contributed by atoms with Crippen molar-refractivity contribution in [2.45, 2.75) is 25.8 Å². The smallest absolute Gasteiger partial charge is 0.252 e. The van der Waals surface area contributed by atoms with E-state index in [4.69, 9.17) is 9.84 Å².